The van der Waals surface area contributed by atoms with Crippen molar-refractivity contribution in [1.29, 1.82) is 0 Å². The van der Waals surface area contributed by atoms with Crippen LogP contribution in [0.25, 0.3) is 0 Å². The number of nitrogens with one attached hydrogen (secondary N) is 2. The highest BCUT2D eigenvalue weighted by Crippen LogP contribution is 2.15. The van der Waals surface area contributed by atoms with Gasteiger partial charge < -0.3 is 15.5 Å². The first-order valence-corrected chi connectivity index (χ1v) is 7.73. The Hall–Kier alpha value is -1.69. The van der Waals surface area contributed by atoms with Crippen molar-refractivity contribution in [3.63, 3.8) is 0 Å². The average molecular weight is 291 g/mol. The Balaban J connectivity index is 1.70. The second-order valence-corrected chi connectivity index (χ2v) is 5.57. The predicted octanol–water partition coefficient (Wildman–Crippen LogP) is 0.950. The van der Waals surface area contributed by atoms with Gasteiger partial charge in [0.2, 0.25) is 11.9 Å². The van der Waals surface area contributed by atoms with E-state index in [1.807, 2.05) is 6.07 Å². The molecule has 0 bridgehead atoms. The van der Waals surface area contributed by atoms with Crippen LogP contribution in [0.2, 0.25) is 0 Å². The summed E-state index contributed by atoms with van der Waals surface area (Å²) in [6.45, 7) is 6.36. The maximum absolute atomic E-state index is 11.9. The Bertz CT molecular complexity index is 431. The molecule has 6 nitrogen and oxygen atoms in total. The lowest BCUT2D eigenvalue weighted by Crippen LogP contribution is -2.48. The van der Waals surface area contributed by atoms with E-state index in [-0.39, 0.29) is 11.9 Å². The number of carbonyl (C=O) groups excluding carboxylic acids is 1. The monoisotopic (exact) mass is 291 g/mol. The van der Waals surface area contributed by atoms with E-state index in [4.69, 9.17) is 0 Å². The molecular formula is C15H25N5O. The molecule has 1 saturated heterocycles. The van der Waals surface area contributed by atoms with E-state index < -0.39 is 0 Å². The van der Waals surface area contributed by atoms with Gasteiger partial charge in [-0.1, -0.05) is 6.92 Å². The van der Waals surface area contributed by atoms with Crippen LogP contribution in [0.1, 0.15) is 33.1 Å². The SMILES string of the molecule is CCC(C)NCC(=O)NC1CCN(c2ncccn2)CC1. The number of hydrogen-bond donors (Lipinski definition) is 2. The molecule has 0 spiro atoms. The molecule has 116 valence electrons. The first-order valence-electron chi connectivity index (χ1n) is 7.73. The van der Waals surface area contributed by atoms with Gasteiger partial charge in [0.05, 0.1) is 6.54 Å². The molecule has 1 aliphatic heterocycles. The van der Waals surface area contributed by atoms with E-state index >= 15 is 0 Å². The molecule has 0 aliphatic carbocycles. The minimum absolute atomic E-state index is 0.0877. The molecule has 0 aromatic carbocycles. The second kappa shape index (κ2) is 7.93. The highest BCUT2D eigenvalue weighted by atomic mass is 16.2. The molecule has 1 aromatic rings. The molecule has 0 radical (unpaired) electrons. The van der Waals surface area contributed by atoms with E-state index in [1.165, 1.54) is 0 Å². The number of piperidine rings is 1. The average Bonchev–Trinajstić information content (AvgIpc) is 2.54. The maximum Gasteiger partial charge on any atom is 0.234 e. The van der Waals surface area contributed by atoms with E-state index in [9.17, 15) is 4.79 Å². The van der Waals surface area contributed by atoms with Gasteiger partial charge in [-0.2, -0.15) is 0 Å². The van der Waals surface area contributed by atoms with Crippen LogP contribution in [-0.2, 0) is 4.79 Å². The van der Waals surface area contributed by atoms with Gasteiger partial charge in [-0.15, -0.1) is 0 Å². The highest BCUT2D eigenvalue weighted by Gasteiger charge is 2.21. The molecular weight excluding hydrogens is 266 g/mol. The van der Waals surface area contributed by atoms with Crippen LogP contribution in [-0.4, -0.2) is 47.6 Å². The number of amides is 1. The van der Waals surface area contributed by atoms with Gasteiger partial charge in [-0.25, -0.2) is 9.97 Å². The zero-order valence-corrected chi connectivity index (χ0v) is 12.9. The zero-order chi connectivity index (χ0) is 15.1. The minimum atomic E-state index is 0.0877. The quantitative estimate of drug-likeness (QED) is 0.816. The summed E-state index contributed by atoms with van der Waals surface area (Å²) < 4.78 is 0. The van der Waals surface area contributed by atoms with Crippen LogP contribution in [0.5, 0.6) is 0 Å². The van der Waals surface area contributed by atoms with Gasteiger partial charge in [-0.05, 0) is 32.3 Å². The van der Waals surface area contributed by atoms with E-state index in [0.717, 1.165) is 38.3 Å². The van der Waals surface area contributed by atoms with Crippen molar-refractivity contribution < 1.29 is 4.79 Å². The van der Waals surface area contributed by atoms with Gasteiger partial charge in [0.25, 0.3) is 0 Å². The zero-order valence-electron chi connectivity index (χ0n) is 12.9. The van der Waals surface area contributed by atoms with Crippen molar-refractivity contribution in [3.05, 3.63) is 18.5 Å². The van der Waals surface area contributed by atoms with E-state index in [2.05, 4.69) is 39.3 Å². The molecule has 1 aliphatic rings. The molecule has 1 aromatic heterocycles. The fourth-order valence-corrected chi connectivity index (χ4v) is 2.37. The number of carbonyl (C=O) groups is 1. The summed E-state index contributed by atoms with van der Waals surface area (Å²) in [6.07, 6.45) is 6.43. The molecule has 6 heteroatoms. The van der Waals surface area contributed by atoms with Crippen molar-refractivity contribution >= 4 is 11.9 Å². The largest absolute Gasteiger partial charge is 0.352 e. The minimum Gasteiger partial charge on any atom is -0.352 e. The van der Waals surface area contributed by atoms with Crippen LogP contribution in [0.15, 0.2) is 18.5 Å². The molecule has 2 rings (SSSR count). The first kappa shape index (κ1) is 15.7. The third-order valence-electron chi connectivity index (χ3n) is 3.92. The molecule has 2 heterocycles. The van der Waals surface area contributed by atoms with Gasteiger partial charge in [-0.3, -0.25) is 4.79 Å². The molecule has 1 atom stereocenters. The fourth-order valence-electron chi connectivity index (χ4n) is 2.37. The van der Waals surface area contributed by atoms with Gasteiger partial charge in [0.1, 0.15) is 0 Å². The second-order valence-electron chi connectivity index (χ2n) is 5.57. The Morgan fingerprint density at radius 1 is 1.38 bits per heavy atom. The lowest BCUT2D eigenvalue weighted by Gasteiger charge is -2.32. The van der Waals surface area contributed by atoms with Crippen LogP contribution in [0.3, 0.4) is 0 Å². The smallest absolute Gasteiger partial charge is 0.234 e. The van der Waals surface area contributed by atoms with E-state index in [1.54, 1.807) is 12.4 Å². The Labute approximate surface area is 126 Å². The van der Waals surface area contributed by atoms with Crippen LogP contribution in [0, 0.1) is 0 Å². The Kier molecular flexibility index (Phi) is 5.92. The summed E-state index contributed by atoms with van der Waals surface area (Å²) in [5.74, 6) is 0.866. The van der Waals surface area contributed by atoms with Crippen molar-refractivity contribution in [1.82, 2.24) is 20.6 Å². The highest BCUT2D eigenvalue weighted by molar-refractivity contribution is 5.78. The Morgan fingerprint density at radius 3 is 2.67 bits per heavy atom. The van der Waals surface area contributed by atoms with Crippen molar-refractivity contribution in [2.24, 2.45) is 0 Å². The Morgan fingerprint density at radius 2 is 2.05 bits per heavy atom. The maximum atomic E-state index is 11.9. The third kappa shape index (κ3) is 4.97. The summed E-state index contributed by atoms with van der Waals surface area (Å²) in [6, 6.07) is 2.46. The number of rotatable bonds is 6. The number of aromatic nitrogens is 2. The summed E-state index contributed by atoms with van der Waals surface area (Å²) in [5, 5.41) is 6.32. The van der Waals surface area contributed by atoms with Gasteiger partial charge in [0, 0.05) is 37.6 Å². The van der Waals surface area contributed by atoms with Crippen molar-refractivity contribution in [2.75, 3.05) is 24.5 Å². The lowest BCUT2D eigenvalue weighted by molar-refractivity contribution is -0.121. The molecule has 1 fully saturated rings. The topological polar surface area (TPSA) is 70.2 Å². The van der Waals surface area contributed by atoms with E-state index in [0.29, 0.717) is 12.6 Å². The summed E-state index contributed by atoms with van der Waals surface area (Å²) >= 11 is 0. The van der Waals surface area contributed by atoms with Crippen molar-refractivity contribution in [2.45, 2.75) is 45.2 Å². The third-order valence-corrected chi connectivity index (χ3v) is 3.92. The predicted molar refractivity (Wildman–Crippen MR) is 83.2 cm³/mol. The number of hydrogen-bond acceptors (Lipinski definition) is 5. The first-order chi connectivity index (χ1) is 10.2. The van der Waals surface area contributed by atoms with Crippen LogP contribution >= 0.6 is 0 Å². The standard InChI is InChI=1S/C15H25N5O/c1-3-12(2)18-11-14(21)19-13-5-9-20(10-6-13)15-16-7-4-8-17-15/h4,7-8,12-13,18H,3,5-6,9-11H2,1-2H3,(H,19,21). The van der Waals surface area contributed by atoms with Gasteiger partial charge in [0.15, 0.2) is 0 Å². The van der Waals surface area contributed by atoms with Crippen LogP contribution < -0.4 is 15.5 Å². The number of anilines is 1. The van der Waals surface area contributed by atoms with Gasteiger partial charge >= 0.3 is 0 Å². The molecule has 1 unspecified atom stereocenters. The summed E-state index contributed by atoms with van der Waals surface area (Å²) in [5.41, 5.74) is 0. The lowest BCUT2D eigenvalue weighted by atomic mass is 10.1. The molecule has 2 N–H and O–H groups in total. The molecule has 21 heavy (non-hydrogen) atoms. The normalized spacial score (nSPS) is 17.5. The summed E-state index contributed by atoms with van der Waals surface area (Å²) in [7, 11) is 0. The van der Waals surface area contributed by atoms with Crippen LogP contribution in [0.4, 0.5) is 5.95 Å². The molecule has 1 amide bonds. The summed E-state index contributed by atoms with van der Waals surface area (Å²) in [4.78, 5) is 22.6. The number of nitrogens with zero attached hydrogens (tertiary/aromatic N) is 3. The fraction of sp³-hybridized carbons (Fsp3) is 0.667. The molecule has 0 saturated carbocycles. The van der Waals surface area contributed by atoms with Crippen molar-refractivity contribution in [3.8, 4) is 0 Å².